The van der Waals surface area contributed by atoms with Gasteiger partial charge in [-0.25, -0.2) is 4.98 Å². The van der Waals surface area contributed by atoms with Crippen molar-refractivity contribution in [3.05, 3.63) is 215 Å². The van der Waals surface area contributed by atoms with Gasteiger partial charge in [0.15, 0.2) is 0 Å². The molecule has 1 spiro atoms. The van der Waals surface area contributed by atoms with E-state index in [9.17, 15) is 0 Å². The molecule has 0 radical (unpaired) electrons. The molecule has 2 heterocycles. The highest BCUT2D eigenvalue weighted by Crippen LogP contribution is 2.60. The number of hydrogen-bond donors (Lipinski definition) is 0. The molecule has 0 saturated carbocycles. The Morgan fingerprint density at radius 3 is 2.00 bits per heavy atom. The van der Waals surface area contributed by atoms with Crippen LogP contribution in [-0.2, 0) is 5.41 Å². The minimum Gasteiger partial charge on any atom is -0.292 e. The van der Waals surface area contributed by atoms with Gasteiger partial charge in [0.25, 0.3) is 0 Å². The molecule has 0 saturated heterocycles. The lowest BCUT2D eigenvalue weighted by Crippen LogP contribution is -2.30. The van der Waals surface area contributed by atoms with Gasteiger partial charge in [-0.1, -0.05) is 146 Å². The van der Waals surface area contributed by atoms with Crippen LogP contribution in [0.25, 0.3) is 82.7 Å². The average Bonchev–Trinajstić information content (AvgIpc) is 3.87. The fourth-order valence-corrected chi connectivity index (χ4v) is 10.6. The summed E-state index contributed by atoms with van der Waals surface area (Å²) >= 11 is 1.89. The maximum atomic E-state index is 5.31. The fourth-order valence-electron chi connectivity index (χ4n) is 9.47. The molecule has 2 aliphatic rings. The van der Waals surface area contributed by atoms with Gasteiger partial charge in [-0.15, -0.1) is 11.3 Å². The lowest BCUT2D eigenvalue weighted by Gasteiger charge is -2.35. The minimum absolute atomic E-state index is 0.520. The molecular weight excluding hydrogens is 685 g/mol. The molecule has 0 N–H and O–H groups in total. The van der Waals surface area contributed by atoms with Crippen LogP contribution >= 0.6 is 11.3 Å². The number of nitrogens with zero attached hydrogens (tertiary/aromatic N) is 2. The first kappa shape index (κ1) is 30.6. The Balaban J connectivity index is 1.13. The first-order valence-electron chi connectivity index (χ1n) is 18.9. The predicted molar refractivity (Wildman–Crippen MR) is 231 cm³/mol. The monoisotopic (exact) mass is 716 g/mol. The van der Waals surface area contributed by atoms with Gasteiger partial charge in [-0.2, -0.15) is 0 Å². The first-order valence-corrected chi connectivity index (χ1v) is 19.7. The number of benzene rings is 8. The first-order chi connectivity index (χ1) is 27.3. The van der Waals surface area contributed by atoms with E-state index in [1.807, 2.05) is 11.3 Å². The molecule has 12 rings (SSSR count). The summed E-state index contributed by atoms with van der Waals surface area (Å²) in [7, 11) is 0. The maximum Gasteiger partial charge on any atom is 0.145 e. The third-order valence-corrected chi connectivity index (χ3v) is 13.0. The zero-order chi connectivity index (χ0) is 36.1. The van der Waals surface area contributed by atoms with Gasteiger partial charge < -0.3 is 0 Å². The smallest absolute Gasteiger partial charge is 0.145 e. The summed E-state index contributed by atoms with van der Waals surface area (Å²) in [5, 5.41) is 2.65. The van der Waals surface area contributed by atoms with E-state index in [0.29, 0.717) is 0 Å². The van der Waals surface area contributed by atoms with E-state index < -0.39 is 5.41 Å². The molecule has 0 fully saturated rings. The summed E-state index contributed by atoms with van der Waals surface area (Å²) in [5.41, 5.74) is 16.5. The molecule has 10 aromatic rings. The van der Waals surface area contributed by atoms with Crippen molar-refractivity contribution in [2.45, 2.75) is 5.41 Å². The van der Waals surface area contributed by atoms with Crippen molar-refractivity contribution >= 4 is 54.7 Å². The molecule has 1 unspecified atom stereocenters. The van der Waals surface area contributed by atoms with Crippen LogP contribution in [0.2, 0.25) is 0 Å². The number of fused-ring (bicyclic) bond motifs is 13. The van der Waals surface area contributed by atoms with E-state index in [4.69, 9.17) is 4.98 Å². The van der Waals surface area contributed by atoms with Crippen LogP contribution in [0.5, 0.6) is 0 Å². The summed E-state index contributed by atoms with van der Waals surface area (Å²) in [6.07, 6.45) is 4.64. The number of para-hydroxylation sites is 1. The second-order valence-corrected chi connectivity index (χ2v) is 15.8. The van der Waals surface area contributed by atoms with E-state index in [1.165, 1.54) is 70.2 Å². The Hall–Kier alpha value is -6.81. The molecule has 256 valence electrons. The molecule has 3 heteroatoms. The highest BCUT2D eigenvalue weighted by Gasteiger charge is 2.48. The van der Waals surface area contributed by atoms with Crippen molar-refractivity contribution < 1.29 is 0 Å². The average molecular weight is 717 g/mol. The fraction of sp³-hybridized carbons (Fsp3) is 0.0192. The highest BCUT2D eigenvalue weighted by atomic mass is 32.1. The number of aromatic nitrogens is 2. The molecule has 1 atom stereocenters. The number of imidazole rings is 1. The van der Waals surface area contributed by atoms with E-state index in [2.05, 4.69) is 199 Å². The van der Waals surface area contributed by atoms with E-state index in [1.54, 1.807) is 0 Å². The van der Waals surface area contributed by atoms with Gasteiger partial charge >= 0.3 is 0 Å². The van der Waals surface area contributed by atoms with E-state index in [0.717, 1.165) is 33.7 Å². The molecule has 55 heavy (non-hydrogen) atoms. The SMILES string of the molecule is C1=Cc2ccc(-c3ccc4c(c3)nc(-c3ccccc3)n4-c3ccccc3)cc2C2(c3ccccc31)c1ccccc1-c1cc3sc4ccccc4c3cc12. The normalized spacial score (nSPS) is 15.3. The summed E-state index contributed by atoms with van der Waals surface area (Å²) in [6.45, 7) is 0. The maximum absolute atomic E-state index is 5.31. The molecule has 2 nitrogen and oxygen atoms in total. The third kappa shape index (κ3) is 4.33. The quantitative estimate of drug-likeness (QED) is 0.178. The molecule has 2 aromatic heterocycles. The van der Waals surface area contributed by atoms with Crippen molar-refractivity contribution in [2.75, 3.05) is 0 Å². The third-order valence-electron chi connectivity index (χ3n) is 11.8. The molecule has 0 aliphatic heterocycles. The Bertz CT molecular complexity index is 3200. The Kier molecular flexibility index (Phi) is 6.46. The summed E-state index contributed by atoms with van der Waals surface area (Å²) in [4.78, 5) is 5.31. The second-order valence-electron chi connectivity index (χ2n) is 14.7. The summed E-state index contributed by atoms with van der Waals surface area (Å²) in [6, 6.07) is 66.9. The molecule has 8 aromatic carbocycles. The van der Waals surface area contributed by atoms with Crippen molar-refractivity contribution in [3.8, 4) is 39.3 Å². The van der Waals surface area contributed by atoms with Crippen LogP contribution in [0.4, 0.5) is 0 Å². The summed E-state index contributed by atoms with van der Waals surface area (Å²) < 4.78 is 4.94. The Morgan fingerprint density at radius 1 is 0.436 bits per heavy atom. The largest absolute Gasteiger partial charge is 0.292 e. The van der Waals surface area contributed by atoms with Crippen LogP contribution in [0.1, 0.15) is 33.4 Å². The minimum atomic E-state index is -0.520. The zero-order valence-corrected chi connectivity index (χ0v) is 30.6. The standard InChI is InChI=1S/C52H32N2S/c1-3-14-35(15-4-1)51-53-47-30-37(27-28-48(47)54(51)38-16-5-2-6-17-38)36-26-25-34-24-23-33-13-7-10-20-43(33)52(45(34)29-36)44-21-11-8-18-39(44)41-32-50-42(31-46(41)52)40-19-9-12-22-49(40)55-50/h1-32H. The van der Waals surface area contributed by atoms with Gasteiger partial charge in [0, 0.05) is 31.4 Å². The predicted octanol–water partition coefficient (Wildman–Crippen LogP) is 13.6. The lowest BCUT2D eigenvalue weighted by atomic mass is 9.65. The van der Waals surface area contributed by atoms with Crippen LogP contribution in [0.15, 0.2) is 182 Å². The van der Waals surface area contributed by atoms with Crippen molar-refractivity contribution in [2.24, 2.45) is 0 Å². The van der Waals surface area contributed by atoms with Gasteiger partial charge in [0.1, 0.15) is 5.82 Å². The van der Waals surface area contributed by atoms with Crippen molar-refractivity contribution in [1.29, 1.82) is 0 Å². The Labute approximate surface area is 322 Å². The van der Waals surface area contributed by atoms with Gasteiger partial charge in [-0.3, -0.25) is 4.57 Å². The molecule has 2 aliphatic carbocycles. The molecular formula is C52H32N2S. The van der Waals surface area contributed by atoms with Crippen LogP contribution in [0.3, 0.4) is 0 Å². The van der Waals surface area contributed by atoms with Gasteiger partial charge in [-0.05, 0) is 104 Å². The molecule has 0 bridgehead atoms. The Morgan fingerprint density at radius 2 is 1.13 bits per heavy atom. The second kappa shape index (κ2) is 11.6. The zero-order valence-electron chi connectivity index (χ0n) is 29.8. The van der Waals surface area contributed by atoms with Gasteiger partial charge in [0.2, 0.25) is 0 Å². The number of thiophene rings is 1. The number of hydrogen-bond acceptors (Lipinski definition) is 2. The van der Waals surface area contributed by atoms with Gasteiger partial charge in [0.05, 0.1) is 16.4 Å². The lowest BCUT2D eigenvalue weighted by molar-refractivity contribution is 0.768. The number of rotatable bonds is 3. The van der Waals surface area contributed by atoms with E-state index >= 15 is 0 Å². The highest BCUT2D eigenvalue weighted by molar-refractivity contribution is 7.25. The van der Waals surface area contributed by atoms with Crippen LogP contribution < -0.4 is 0 Å². The van der Waals surface area contributed by atoms with Crippen LogP contribution in [0, 0.1) is 0 Å². The topological polar surface area (TPSA) is 17.8 Å². The van der Waals surface area contributed by atoms with Crippen molar-refractivity contribution in [3.63, 3.8) is 0 Å². The van der Waals surface area contributed by atoms with Crippen molar-refractivity contribution in [1.82, 2.24) is 9.55 Å². The molecule has 0 amide bonds. The summed E-state index contributed by atoms with van der Waals surface area (Å²) in [5.74, 6) is 0.938. The van der Waals surface area contributed by atoms with E-state index in [-0.39, 0.29) is 0 Å². The van der Waals surface area contributed by atoms with Crippen LogP contribution in [-0.4, -0.2) is 9.55 Å².